The Bertz CT molecular complexity index is 233. The lowest BCUT2D eigenvalue weighted by atomic mass is 10.2. The van der Waals surface area contributed by atoms with E-state index >= 15 is 0 Å². The van der Waals surface area contributed by atoms with E-state index in [0.717, 1.165) is 32.7 Å². The van der Waals surface area contributed by atoms with Gasteiger partial charge < -0.3 is 5.32 Å². The third-order valence-corrected chi connectivity index (χ3v) is 2.55. The molecule has 2 heterocycles. The van der Waals surface area contributed by atoms with Crippen molar-refractivity contribution in [3.8, 4) is 6.07 Å². The fourth-order valence-electron chi connectivity index (χ4n) is 1.91. The van der Waals surface area contributed by atoms with Crippen LogP contribution >= 0.6 is 0 Å². The Morgan fingerprint density at radius 1 is 1.33 bits per heavy atom. The first-order valence-corrected chi connectivity index (χ1v) is 4.40. The van der Waals surface area contributed by atoms with E-state index in [-0.39, 0.29) is 0 Å². The second kappa shape index (κ2) is 3.26. The maximum absolute atomic E-state index is 8.43. The summed E-state index contributed by atoms with van der Waals surface area (Å²) in [7, 11) is 0. The van der Waals surface area contributed by atoms with E-state index in [1.807, 2.05) is 0 Å². The molecule has 64 valence electrons. The van der Waals surface area contributed by atoms with Crippen LogP contribution in [0.5, 0.6) is 0 Å². The highest BCUT2D eigenvalue weighted by Crippen LogP contribution is 2.19. The van der Waals surface area contributed by atoms with E-state index in [9.17, 15) is 0 Å². The predicted molar refractivity (Wildman–Crippen MR) is 46.6 cm³/mol. The lowest BCUT2D eigenvalue weighted by Gasteiger charge is -2.15. The minimum absolute atomic E-state index is 0.661. The first kappa shape index (κ1) is 7.78. The van der Waals surface area contributed by atoms with E-state index in [0.29, 0.717) is 6.42 Å². The molecular weight excluding hydrogens is 150 g/mol. The van der Waals surface area contributed by atoms with Gasteiger partial charge in [0.1, 0.15) is 0 Å². The van der Waals surface area contributed by atoms with Crippen LogP contribution in [0.25, 0.3) is 0 Å². The molecule has 0 aromatic rings. The molecule has 3 heteroatoms. The number of rotatable bonds is 2. The summed E-state index contributed by atoms with van der Waals surface area (Å²) in [5.74, 6) is 0. The van der Waals surface area contributed by atoms with Crippen LogP contribution in [0.4, 0.5) is 0 Å². The van der Waals surface area contributed by atoms with Gasteiger partial charge in [0, 0.05) is 39.1 Å². The Kier molecular flexibility index (Phi) is 2.11. The zero-order valence-electron chi connectivity index (χ0n) is 7.14. The molecule has 2 rings (SSSR count). The van der Waals surface area contributed by atoms with Gasteiger partial charge in [-0.1, -0.05) is 0 Å². The van der Waals surface area contributed by atoms with Gasteiger partial charge in [0.15, 0.2) is 0 Å². The predicted octanol–water partition coefficient (Wildman–Crippen LogP) is 0.115. The zero-order chi connectivity index (χ0) is 8.39. The van der Waals surface area contributed by atoms with Crippen molar-refractivity contribution in [2.45, 2.75) is 6.42 Å². The lowest BCUT2D eigenvalue weighted by Crippen LogP contribution is -2.27. The normalized spacial score (nSPS) is 22.9. The SMILES string of the molecule is N#CCCN1CC2=C(CNC2)C1. The third-order valence-electron chi connectivity index (χ3n) is 2.55. The summed E-state index contributed by atoms with van der Waals surface area (Å²) in [6.45, 7) is 5.24. The van der Waals surface area contributed by atoms with Gasteiger partial charge in [0.05, 0.1) is 6.07 Å². The lowest BCUT2D eigenvalue weighted by molar-refractivity contribution is 0.346. The quantitative estimate of drug-likeness (QED) is 0.587. The van der Waals surface area contributed by atoms with Crippen molar-refractivity contribution in [2.75, 3.05) is 32.7 Å². The van der Waals surface area contributed by atoms with Crippen LogP contribution in [0.1, 0.15) is 6.42 Å². The van der Waals surface area contributed by atoms with Crippen molar-refractivity contribution >= 4 is 0 Å². The Morgan fingerprint density at radius 2 is 2.00 bits per heavy atom. The van der Waals surface area contributed by atoms with Gasteiger partial charge in [-0.25, -0.2) is 0 Å². The van der Waals surface area contributed by atoms with Crippen LogP contribution in [0.3, 0.4) is 0 Å². The molecule has 0 aromatic heterocycles. The van der Waals surface area contributed by atoms with Crippen molar-refractivity contribution in [3.63, 3.8) is 0 Å². The van der Waals surface area contributed by atoms with Crippen molar-refractivity contribution in [2.24, 2.45) is 0 Å². The molecule has 0 aliphatic carbocycles. The summed E-state index contributed by atoms with van der Waals surface area (Å²) in [5.41, 5.74) is 3.13. The van der Waals surface area contributed by atoms with E-state index in [4.69, 9.17) is 5.26 Å². The summed E-state index contributed by atoms with van der Waals surface area (Å²) in [4.78, 5) is 2.36. The number of hydrogen-bond donors (Lipinski definition) is 1. The molecule has 0 aromatic carbocycles. The average molecular weight is 163 g/mol. The Balaban J connectivity index is 1.84. The van der Waals surface area contributed by atoms with Crippen LogP contribution < -0.4 is 5.32 Å². The molecule has 0 unspecified atom stereocenters. The topological polar surface area (TPSA) is 39.1 Å². The molecule has 12 heavy (non-hydrogen) atoms. The molecule has 0 saturated heterocycles. The van der Waals surface area contributed by atoms with E-state index in [2.05, 4.69) is 16.3 Å². The monoisotopic (exact) mass is 163 g/mol. The first-order valence-electron chi connectivity index (χ1n) is 4.40. The number of nitrogens with one attached hydrogen (secondary N) is 1. The standard InChI is InChI=1S/C9H13N3/c10-2-1-3-12-6-8-4-11-5-9(8)7-12/h11H,1,3-7H2. The molecule has 2 aliphatic heterocycles. The van der Waals surface area contributed by atoms with Crippen LogP contribution in [0, 0.1) is 11.3 Å². The van der Waals surface area contributed by atoms with Crippen molar-refractivity contribution in [1.29, 1.82) is 5.26 Å². The summed E-state index contributed by atoms with van der Waals surface area (Å²) in [6.07, 6.45) is 0.661. The van der Waals surface area contributed by atoms with Gasteiger partial charge in [-0.2, -0.15) is 5.26 Å². The van der Waals surface area contributed by atoms with Crippen LogP contribution in [0.2, 0.25) is 0 Å². The maximum atomic E-state index is 8.43. The van der Waals surface area contributed by atoms with Crippen molar-refractivity contribution in [3.05, 3.63) is 11.1 Å². The number of hydrogen-bond acceptors (Lipinski definition) is 3. The van der Waals surface area contributed by atoms with Crippen molar-refractivity contribution < 1.29 is 0 Å². The minimum atomic E-state index is 0.661. The largest absolute Gasteiger partial charge is 0.309 e. The number of nitriles is 1. The highest BCUT2D eigenvalue weighted by atomic mass is 15.2. The second-order valence-corrected chi connectivity index (χ2v) is 3.43. The van der Waals surface area contributed by atoms with Crippen LogP contribution in [-0.2, 0) is 0 Å². The van der Waals surface area contributed by atoms with Gasteiger partial charge in [-0.15, -0.1) is 0 Å². The summed E-state index contributed by atoms with van der Waals surface area (Å²) < 4.78 is 0. The molecule has 2 aliphatic rings. The molecule has 0 saturated carbocycles. The molecule has 0 atom stereocenters. The molecule has 0 amide bonds. The van der Waals surface area contributed by atoms with Gasteiger partial charge >= 0.3 is 0 Å². The molecule has 0 fully saturated rings. The Morgan fingerprint density at radius 3 is 2.58 bits per heavy atom. The van der Waals surface area contributed by atoms with Gasteiger partial charge in [0.2, 0.25) is 0 Å². The number of nitrogens with zero attached hydrogens (tertiary/aromatic N) is 2. The molecule has 1 N–H and O–H groups in total. The van der Waals surface area contributed by atoms with Gasteiger partial charge in [-0.05, 0) is 11.1 Å². The van der Waals surface area contributed by atoms with Crippen molar-refractivity contribution in [1.82, 2.24) is 10.2 Å². The minimum Gasteiger partial charge on any atom is -0.309 e. The molecular formula is C9H13N3. The summed E-state index contributed by atoms with van der Waals surface area (Å²) >= 11 is 0. The van der Waals surface area contributed by atoms with Gasteiger partial charge in [-0.3, -0.25) is 4.90 Å². The molecule has 0 spiro atoms. The average Bonchev–Trinajstić information content (AvgIpc) is 2.58. The smallest absolute Gasteiger partial charge is 0.0635 e. The van der Waals surface area contributed by atoms with E-state index in [1.165, 1.54) is 0 Å². The highest BCUT2D eigenvalue weighted by Gasteiger charge is 2.24. The molecule has 3 nitrogen and oxygen atoms in total. The molecule has 0 bridgehead atoms. The zero-order valence-corrected chi connectivity index (χ0v) is 7.14. The molecule has 0 radical (unpaired) electrons. The fraction of sp³-hybridized carbons (Fsp3) is 0.667. The Labute approximate surface area is 72.7 Å². The fourth-order valence-corrected chi connectivity index (χ4v) is 1.91. The second-order valence-electron chi connectivity index (χ2n) is 3.43. The maximum Gasteiger partial charge on any atom is 0.0635 e. The van der Waals surface area contributed by atoms with Crippen LogP contribution in [-0.4, -0.2) is 37.6 Å². The summed E-state index contributed by atoms with van der Waals surface area (Å²) in [6, 6.07) is 2.18. The van der Waals surface area contributed by atoms with Crippen LogP contribution in [0.15, 0.2) is 11.1 Å². The Hall–Kier alpha value is -0.850. The van der Waals surface area contributed by atoms with E-state index < -0.39 is 0 Å². The van der Waals surface area contributed by atoms with E-state index in [1.54, 1.807) is 11.1 Å². The summed E-state index contributed by atoms with van der Waals surface area (Å²) in [5, 5.41) is 11.8. The first-order chi connectivity index (χ1) is 5.90. The third kappa shape index (κ3) is 1.36. The highest BCUT2D eigenvalue weighted by molar-refractivity contribution is 5.29. The van der Waals surface area contributed by atoms with Gasteiger partial charge in [0.25, 0.3) is 0 Å².